The van der Waals surface area contributed by atoms with Gasteiger partial charge in [-0.3, -0.25) is 0 Å². The number of carbonyl (C=O) groups excluding carboxylic acids is 1. The van der Waals surface area contributed by atoms with Crippen LogP contribution >= 0.6 is 23.2 Å². The highest BCUT2D eigenvalue weighted by atomic mass is 35.5. The molecule has 0 unspecified atom stereocenters. The maximum Gasteiger partial charge on any atom is 0.326 e. The summed E-state index contributed by atoms with van der Waals surface area (Å²) < 4.78 is 0. The highest BCUT2D eigenvalue weighted by molar-refractivity contribution is 6.39. The minimum absolute atomic E-state index is 0.000985. The number of carboxylic acid groups (broad SMARTS) is 1. The normalized spacial score (nSPS) is 21.9. The van der Waals surface area contributed by atoms with Crippen molar-refractivity contribution in [2.24, 2.45) is 0 Å². The van der Waals surface area contributed by atoms with E-state index in [0.29, 0.717) is 0 Å². The Morgan fingerprint density at radius 2 is 1.90 bits per heavy atom. The molecule has 0 saturated carbocycles. The van der Waals surface area contributed by atoms with Gasteiger partial charge in [-0.2, -0.15) is 0 Å². The van der Waals surface area contributed by atoms with E-state index in [1.54, 1.807) is 18.2 Å². The number of aliphatic hydroxyl groups is 1. The molecule has 1 aromatic rings. The third-order valence-corrected chi connectivity index (χ3v) is 3.65. The van der Waals surface area contributed by atoms with Gasteiger partial charge in [0.1, 0.15) is 6.04 Å². The summed E-state index contributed by atoms with van der Waals surface area (Å²) in [5.41, 5.74) is 0.214. The molecule has 8 heteroatoms. The molecule has 2 amide bonds. The zero-order chi connectivity index (χ0) is 14.9. The number of β-amino-alcohol motifs (C(OH)–C–C–N with tert-alkyl or cyclic N) is 1. The fraction of sp³-hybridized carbons (Fsp3) is 0.333. The maximum atomic E-state index is 12.1. The zero-order valence-electron chi connectivity index (χ0n) is 10.2. The number of aliphatic hydroxyl groups excluding tert-OH is 1. The number of benzene rings is 1. The Balaban J connectivity index is 2.18. The molecule has 2 atom stereocenters. The van der Waals surface area contributed by atoms with Crippen LogP contribution in [0.4, 0.5) is 10.5 Å². The van der Waals surface area contributed by atoms with Crippen LogP contribution in [0.1, 0.15) is 6.42 Å². The van der Waals surface area contributed by atoms with Crippen LogP contribution in [0.3, 0.4) is 0 Å². The Morgan fingerprint density at radius 1 is 1.30 bits per heavy atom. The van der Waals surface area contributed by atoms with Gasteiger partial charge in [-0.05, 0) is 12.1 Å². The van der Waals surface area contributed by atoms with Gasteiger partial charge in [0.25, 0.3) is 0 Å². The molecule has 0 spiro atoms. The second kappa shape index (κ2) is 5.87. The number of carboxylic acids is 1. The van der Waals surface area contributed by atoms with Crippen LogP contribution in [-0.4, -0.2) is 45.8 Å². The lowest BCUT2D eigenvalue weighted by Crippen LogP contribution is -2.43. The number of rotatable bonds is 2. The highest BCUT2D eigenvalue weighted by Crippen LogP contribution is 2.30. The first-order chi connectivity index (χ1) is 9.40. The van der Waals surface area contributed by atoms with Gasteiger partial charge in [-0.15, -0.1) is 0 Å². The van der Waals surface area contributed by atoms with Crippen molar-refractivity contribution in [1.82, 2.24) is 4.90 Å². The van der Waals surface area contributed by atoms with Gasteiger partial charge in [0, 0.05) is 13.0 Å². The standard InChI is InChI=1S/C12H12Cl2N2O4/c13-7-2-1-3-8(14)10(7)15-12(20)16-5-6(17)4-9(16)11(18)19/h1-3,6,9,17H,4-5H2,(H,15,20)(H,18,19)/t6-,9+/m1/s1. The maximum absolute atomic E-state index is 12.1. The van der Waals surface area contributed by atoms with E-state index >= 15 is 0 Å². The first-order valence-corrected chi connectivity index (χ1v) is 6.58. The van der Waals surface area contributed by atoms with Crippen molar-refractivity contribution in [2.75, 3.05) is 11.9 Å². The van der Waals surface area contributed by atoms with E-state index in [2.05, 4.69) is 5.32 Å². The van der Waals surface area contributed by atoms with Gasteiger partial charge < -0.3 is 20.4 Å². The molecule has 2 rings (SSSR count). The molecule has 1 heterocycles. The third-order valence-electron chi connectivity index (χ3n) is 3.02. The average Bonchev–Trinajstić information content (AvgIpc) is 2.76. The van der Waals surface area contributed by atoms with Crippen LogP contribution in [0.5, 0.6) is 0 Å². The van der Waals surface area contributed by atoms with Crippen molar-refractivity contribution in [3.05, 3.63) is 28.2 Å². The number of carbonyl (C=O) groups is 2. The average molecular weight is 319 g/mol. The summed E-state index contributed by atoms with van der Waals surface area (Å²) in [4.78, 5) is 24.2. The Hall–Kier alpha value is -1.50. The molecular formula is C12H12Cl2N2O4. The summed E-state index contributed by atoms with van der Waals surface area (Å²) in [5, 5.41) is 21.5. The Morgan fingerprint density at radius 3 is 2.45 bits per heavy atom. The number of aliphatic carboxylic acids is 1. The van der Waals surface area contributed by atoms with Crippen LogP contribution in [0.2, 0.25) is 10.0 Å². The fourth-order valence-corrected chi connectivity index (χ4v) is 2.56. The lowest BCUT2D eigenvalue weighted by molar-refractivity contribution is -0.141. The van der Waals surface area contributed by atoms with Gasteiger partial charge in [-0.1, -0.05) is 29.3 Å². The minimum Gasteiger partial charge on any atom is -0.480 e. The minimum atomic E-state index is -1.16. The number of amides is 2. The molecule has 3 N–H and O–H groups in total. The largest absolute Gasteiger partial charge is 0.480 e. The number of likely N-dealkylation sites (tertiary alicyclic amines) is 1. The highest BCUT2D eigenvalue weighted by Gasteiger charge is 2.39. The van der Waals surface area contributed by atoms with E-state index in [1.807, 2.05) is 0 Å². The van der Waals surface area contributed by atoms with Gasteiger partial charge in [0.15, 0.2) is 0 Å². The molecule has 1 aliphatic heterocycles. The molecule has 1 aliphatic rings. The number of nitrogens with zero attached hydrogens (tertiary/aromatic N) is 1. The van der Waals surface area contributed by atoms with E-state index in [1.165, 1.54) is 0 Å². The Bertz CT molecular complexity index is 532. The van der Waals surface area contributed by atoms with Crippen LogP contribution in [0.15, 0.2) is 18.2 Å². The Kier molecular flexibility index (Phi) is 4.37. The van der Waals surface area contributed by atoms with Gasteiger partial charge in [-0.25, -0.2) is 9.59 Å². The summed E-state index contributed by atoms with van der Waals surface area (Å²) in [6, 6.07) is 3.00. The topological polar surface area (TPSA) is 89.9 Å². The van der Waals surface area contributed by atoms with Crippen molar-refractivity contribution in [2.45, 2.75) is 18.6 Å². The van der Waals surface area contributed by atoms with Crippen molar-refractivity contribution in [3.63, 3.8) is 0 Å². The SMILES string of the molecule is O=C(O)[C@@H]1C[C@@H](O)CN1C(=O)Nc1c(Cl)cccc1Cl. The summed E-state index contributed by atoms with van der Waals surface area (Å²) in [6.07, 6.45) is -0.859. The smallest absolute Gasteiger partial charge is 0.326 e. The molecule has 20 heavy (non-hydrogen) atoms. The molecule has 0 bridgehead atoms. The van der Waals surface area contributed by atoms with E-state index in [9.17, 15) is 14.7 Å². The summed E-state index contributed by atoms with van der Waals surface area (Å²) >= 11 is 11.8. The monoisotopic (exact) mass is 318 g/mol. The van der Waals surface area contributed by atoms with Crippen molar-refractivity contribution < 1.29 is 19.8 Å². The van der Waals surface area contributed by atoms with Crippen molar-refractivity contribution in [1.29, 1.82) is 0 Å². The molecule has 1 fully saturated rings. The van der Waals surface area contributed by atoms with Crippen LogP contribution in [0, 0.1) is 0 Å². The number of hydrogen-bond acceptors (Lipinski definition) is 3. The third kappa shape index (κ3) is 2.98. The van der Waals surface area contributed by atoms with E-state index < -0.39 is 24.1 Å². The zero-order valence-corrected chi connectivity index (χ0v) is 11.7. The second-order valence-electron chi connectivity index (χ2n) is 4.42. The molecule has 108 valence electrons. The van der Waals surface area contributed by atoms with E-state index in [0.717, 1.165) is 4.90 Å². The summed E-state index contributed by atoms with van der Waals surface area (Å²) in [6.45, 7) is -0.0507. The van der Waals surface area contributed by atoms with E-state index in [-0.39, 0.29) is 28.7 Å². The summed E-state index contributed by atoms with van der Waals surface area (Å²) in [5.74, 6) is -1.16. The van der Waals surface area contributed by atoms with Crippen LogP contribution in [-0.2, 0) is 4.79 Å². The number of halogens is 2. The molecule has 1 aromatic carbocycles. The quantitative estimate of drug-likeness (QED) is 0.778. The number of nitrogens with one attached hydrogen (secondary N) is 1. The molecule has 0 radical (unpaired) electrons. The first-order valence-electron chi connectivity index (χ1n) is 5.82. The summed E-state index contributed by atoms with van der Waals surface area (Å²) in [7, 11) is 0. The predicted octanol–water partition coefficient (Wildman–Crippen LogP) is 2.05. The lowest BCUT2D eigenvalue weighted by atomic mass is 10.2. The number of hydrogen-bond donors (Lipinski definition) is 3. The Labute approximate surface area is 124 Å². The molecule has 1 saturated heterocycles. The number of urea groups is 1. The van der Waals surface area contributed by atoms with Crippen LogP contribution in [0.25, 0.3) is 0 Å². The first kappa shape index (κ1) is 14.9. The van der Waals surface area contributed by atoms with Crippen molar-refractivity contribution in [3.8, 4) is 0 Å². The van der Waals surface area contributed by atoms with Gasteiger partial charge >= 0.3 is 12.0 Å². The lowest BCUT2D eigenvalue weighted by Gasteiger charge is -2.22. The fourth-order valence-electron chi connectivity index (χ4n) is 2.07. The molecule has 0 aliphatic carbocycles. The van der Waals surface area contributed by atoms with Crippen molar-refractivity contribution >= 4 is 40.9 Å². The predicted molar refractivity (Wildman–Crippen MR) is 74.2 cm³/mol. The molecule has 0 aromatic heterocycles. The van der Waals surface area contributed by atoms with Crippen LogP contribution < -0.4 is 5.32 Å². The number of para-hydroxylation sites is 1. The van der Waals surface area contributed by atoms with E-state index in [4.69, 9.17) is 28.3 Å². The number of anilines is 1. The second-order valence-corrected chi connectivity index (χ2v) is 5.24. The molecule has 6 nitrogen and oxygen atoms in total. The van der Waals surface area contributed by atoms with Gasteiger partial charge in [0.2, 0.25) is 0 Å². The molecular weight excluding hydrogens is 307 g/mol. The van der Waals surface area contributed by atoms with Gasteiger partial charge in [0.05, 0.1) is 21.8 Å².